The van der Waals surface area contributed by atoms with Gasteiger partial charge in [-0.25, -0.2) is 0 Å². The molecule has 0 bridgehead atoms. The zero-order valence-corrected chi connectivity index (χ0v) is 10.1. The van der Waals surface area contributed by atoms with Crippen molar-refractivity contribution in [2.24, 2.45) is 0 Å². The summed E-state index contributed by atoms with van der Waals surface area (Å²) in [4.78, 5) is 11.5. The Morgan fingerprint density at radius 3 is 2.76 bits per heavy atom. The monoisotopic (exact) mass is 233 g/mol. The number of hydrogen-bond acceptors (Lipinski definition) is 2. The average molecular weight is 233 g/mol. The zero-order valence-electron chi connectivity index (χ0n) is 10.1. The Kier molecular flexibility index (Phi) is 3.79. The van der Waals surface area contributed by atoms with Gasteiger partial charge in [0.2, 0.25) is 5.91 Å². The molecule has 0 aliphatic heterocycles. The highest BCUT2D eigenvalue weighted by Crippen LogP contribution is 2.37. The van der Waals surface area contributed by atoms with Crippen molar-refractivity contribution in [3.63, 3.8) is 0 Å². The summed E-state index contributed by atoms with van der Waals surface area (Å²) in [6.07, 6.45) is 2.88. The van der Waals surface area contributed by atoms with Gasteiger partial charge < -0.3 is 10.4 Å². The molecule has 1 aromatic rings. The second kappa shape index (κ2) is 5.32. The number of rotatable bonds is 2. The molecular formula is C14H19NO2. The largest absolute Gasteiger partial charge is 0.388 e. The van der Waals surface area contributed by atoms with Crippen LogP contribution in [0.15, 0.2) is 24.3 Å². The molecular weight excluding hydrogens is 214 g/mol. The van der Waals surface area contributed by atoms with Crippen molar-refractivity contribution in [2.75, 3.05) is 7.05 Å². The number of aliphatic hydroxyl groups is 1. The molecule has 0 spiro atoms. The first-order valence-corrected chi connectivity index (χ1v) is 6.20. The van der Waals surface area contributed by atoms with Gasteiger partial charge in [0.15, 0.2) is 0 Å². The van der Waals surface area contributed by atoms with Gasteiger partial charge in [0.05, 0.1) is 6.10 Å². The maximum atomic E-state index is 11.5. The Morgan fingerprint density at radius 1 is 1.35 bits per heavy atom. The second-order valence-corrected chi connectivity index (χ2v) is 4.65. The van der Waals surface area contributed by atoms with E-state index in [1.54, 1.807) is 7.05 Å². The summed E-state index contributed by atoms with van der Waals surface area (Å²) in [5, 5.41) is 12.7. The predicted molar refractivity (Wildman–Crippen MR) is 66.7 cm³/mol. The number of carbonyl (C=O) groups excluding carboxylic acids is 1. The van der Waals surface area contributed by atoms with Crippen molar-refractivity contribution in [1.29, 1.82) is 0 Å². The van der Waals surface area contributed by atoms with Crippen LogP contribution in [0.5, 0.6) is 0 Å². The molecule has 0 aromatic heterocycles. The van der Waals surface area contributed by atoms with Gasteiger partial charge in [-0.15, -0.1) is 0 Å². The third kappa shape index (κ3) is 2.67. The Bertz CT molecular complexity index is 403. The standard InChI is InChI=1S/C14H19NO2/c1-15-14(17)9-10-5-4-8-13(16)12-7-3-2-6-11(10)12/h2-3,6-7,10,13,16H,4-5,8-9H2,1H3,(H,15,17)/t10?,13-/m1/s1. The molecule has 3 heteroatoms. The van der Waals surface area contributed by atoms with Crippen LogP contribution >= 0.6 is 0 Å². The van der Waals surface area contributed by atoms with E-state index in [2.05, 4.69) is 5.32 Å². The lowest BCUT2D eigenvalue weighted by Crippen LogP contribution is -2.20. The smallest absolute Gasteiger partial charge is 0.220 e. The summed E-state index contributed by atoms with van der Waals surface area (Å²) in [6, 6.07) is 7.94. The highest BCUT2D eigenvalue weighted by atomic mass is 16.3. The van der Waals surface area contributed by atoms with E-state index in [1.165, 1.54) is 0 Å². The summed E-state index contributed by atoms with van der Waals surface area (Å²) in [5.74, 6) is 0.310. The fourth-order valence-corrected chi connectivity index (χ4v) is 2.59. The van der Waals surface area contributed by atoms with Crippen molar-refractivity contribution in [3.05, 3.63) is 35.4 Å². The van der Waals surface area contributed by atoms with Gasteiger partial charge in [-0.1, -0.05) is 24.3 Å². The minimum atomic E-state index is -0.374. The predicted octanol–water partition coefficient (Wildman–Crippen LogP) is 2.12. The van der Waals surface area contributed by atoms with E-state index in [0.717, 1.165) is 30.4 Å². The Hall–Kier alpha value is -1.35. The molecule has 2 rings (SSSR count). The van der Waals surface area contributed by atoms with Gasteiger partial charge in [-0.3, -0.25) is 4.79 Å². The molecule has 1 aliphatic rings. The van der Waals surface area contributed by atoms with E-state index in [0.29, 0.717) is 6.42 Å². The lowest BCUT2D eigenvalue weighted by molar-refractivity contribution is -0.121. The van der Waals surface area contributed by atoms with Gasteiger partial charge in [-0.05, 0) is 36.3 Å². The first kappa shape index (κ1) is 12.1. The molecule has 2 atom stereocenters. The van der Waals surface area contributed by atoms with Gasteiger partial charge >= 0.3 is 0 Å². The summed E-state index contributed by atoms with van der Waals surface area (Å²) in [7, 11) is 1.67. The van der Waals surface area contributed by atoms with Crippen molar-refractivity contribution in [1.82, 2.24) is 5.32 Å². The molecule has 0 radical (unpaired) electrons. The first-order valence-electron chi connectivity index (χ1n) is 6.20. The van der Waals surface area contributed by atoms with Crippen LogP contribution < -0.4 is 5.32 Å². The molecule has 0 fully saturated rings. The van der Waals surface area contributed by atoms with Crippen LogP contribution in [0.3, 0.4) is 0 Å². The second-order valence-electron chi connectivity index (χ2n) is 4.65. The third-order valence-electron chi connectivity index (χ3n) is 3.54. The summed E-state index contributed by atoms with van der Waals surface area (Å²) >= 11 is 0. The molecule has 1 aromatic carbocycles. The van der Waals surface area contributed by atoms with Crippen molar-refractivity contribution >= 4 is 5.91 Å². The quantitative estimate of drug-likeness (QED) is 0.769. The molecule has 1 aliphatic carbocycles. The van der Waals surface area contributed by atoms with Crippen LogP contribution in [0.4, 0.5) is 0 Å². The van der Waals surface area contributed by atoms with Crippen LogP contribution in [0, 0.1) is 0 Å². The summed E-state index contributed by atoms with van der Waals surface area (Å²) in [5.41, 5.74) is 2.14. The minimum absolute atomic E-state index is 0.0705. The maximum absolute atomic E-state index is 11.5. The fraction of sp³-hybridized carbons (Fsp3) is 0.500. The van der Waals surface area contributed by atoms with Gasteiger partial charge in [0.1, 0.15) is 0 Å². The Balaban J connectivity index is 2.28. The molecule has 2 N–H and O–H groups in total. The van der Waals surface area contributed by atoms with Crippen molar-refractivity contribution in [2.45, 2.75) is 37.7 Å². The molecule has 17 heavy (non-hydrogen) atoms. The van der Waals surface area contributed by atoms with Crippen LogP contribution in [0.25, 0.3) is 0 Å². The fourth-order valence-electron chi connectivity index (χ4n) is 2.59. The van der Waals surface area contributed by atoms with E-state index in [9.17, 15) is 9.90 Å². The lowest BCUT2D eigenvalue weighted by Gasteiger charge is -2.17. The number of nitrogens with one attached hydrogen (secondary N) is 1. The van der Waals surface area contributed by atoms with Crippen molar-refractivity contribution < 1.29 is 9.90 Å². The van der Waals surface area contributed by atoms with Gasteiger partial charge in [0, 0.05) is 13.5 Å². The summed E-state index contributed by atoms with van der Waals surface area (Å²) in [6.45, 7) is 0. The number of fused-ring (bicyclic) bond motifs is 1. The van der Waals surface area contributed by atoms with E-state index in [1.807, 2.05) is 24.3 Å². The maximum Gasteiger partial charge on any atom is 0.220 e. The molecule has 0 heterocycles. The van der Waals surface area contributed by atoms with E-state index in [4.69, 9.17) is 0 Å². The van der Waals surface area contributed by atoms with Crippen LogP contribution in [0.1, 0.15) is 48.8 Å². The number of aliphatic hydroxyl groups excluding tert-OH is 1. The SMILES string of the molecule is CNC(=O)CC1CCC[C@@H](O)c2ccccc21. The minimum Gasteiger partial charge on any atom is -0.388 e. The van der Waals surface area contributed by atoms with E-state index < -0.39 is 0 Å². The summed E-state index contributed by atoms with van der Waals surface area (Å²) < 4.78 is 0. The molecule has 1 amide bonds. The van der Waals surface area contributed by atoms with Crippen molar-refractivity contribution in [3.8, 4) is 0 Å². The molecule has 0 saturated heterocycles. The molecule has 1 unspecified atom stereocenters. The first-order chi connectivity index (χ1) is 8.22. The van der Waals surface area contributed by atoms with Gasteiger partial charge in [0.25, 0.3) is 0 Å². The van der Waals surface area contributed by atoms with Gasteiger partial charge in [-0.2, -0.15) is 0 Å². The lowest BCUT2D eigenvalue weighted by atomic mass is 9.89. The normalized spacial score (nSPS) is 23.6. The Morgan fingerprint density at radius 2 is 2.06 bits per heavy atom. The number of benzene rings is 1. The highest BCUT2D eigenvalue weighted by Gasteiger charge is 2.24. The zero-order chi connectivity index (χ0) is 12.3. The van der Waals surface area contributed by atoms with Crippen LogP contribution in [-0.4, -0.2) is 18.1 Å². The number of hydrogen-bond donors (Lipinski definition) is 2. The van der Waals surface area contributed by atoms with Crippen LogP contribution in [-0.2, 0) is 4.79 Å². The van der Waals surface area contributed by atoms with Crippen LogP contribution in [0.2, 0.25) is 0 Å². The number of amides is 1. The average Bonchev–Trinajstić information content (AvgIpc) is 2.51. The Labute approximate surface area is 102 Å². The molecule has 0 saturated carbocycles. The third-order valence-corrected chi connectivity index (χ3v) is 3.54. The van der Waals surface area contributed by atoms with E-state index in [-0.39, 0.29) is 17.9 Å². The topological polar surface area (TPSA) is 49.3 Å². The van der Waals surface area contributed by atoms with E-state index >= 15 is 0 Å². The molecule has 92 valence electrons. The number of carbonyl (C=O) groups is 1. The highest BCUT2D eigenvalue weighted by molar-refractivity contribution is 5.76. The molecule has 3 nitrogen and oxygen atoms in total.